The van der Waals surface area contributed by atoms with Crippen LogP contribution in [0.3, 0.4) is 0 Å². The number of benzene rings is 2. The summed E-state index contributed by atoms with van der Waals surface area (Å²) in [7, 11) is 0. The molecule has 3 aromatic rings. The van der Waals surface area contributed by atoms with Crippen LogP contribution < -0.4 is 5.43 Å². The lowest BCUT2D eigenvalue weighted by Gasteiger charge is -2.18. The molecule has 3 rings (SSSR count). The first-order valence-corrected chi connectivity index (χ1v) is 8.88. The van der Waals surface area contributed by atoms with Crippen LogP contribution in [0.5, 0.6) is 5.75 Å². The molecule has 0 amide bonds. The Kier molecular flexibility index (Phi) is 5.08. The highest BCUT2D eigenvalue weighted by Crippen LogP contribution is 2.36. The molecule has 0 atom stereocenters. The number of phenolic OH excluding ortho intramolecular Hbond substituents is 1. The first-order valence-electron chi connectivity index (χ1n) is 8.13. The Bertz CT molecular complexity index is 977. The van der Waals surface area contributed by atoms with Crippen molar-refractivity contribution in [3.05, 3.63) is 63.6 Å². The molecule has 0 aliphatic heterocycles. The molecule has 4 nitrogen and oxygen atoms in total. The standard InChI is InChI=1S/C20H19Cl2N3O/c1-20(2,3)13-6-4-12(5-7-13)11-23-25-17-9-8-14-15(21)10-16(22)19(26)18(14)24-17/h4-11,26H,1-3H3,(H,24,25)/b23-11-. The highest BCUT2D eigenvalue weighted by molar-refractivity contribution is 6.39. The number of phenols is 1. The van der Waals surface area contributed by atoms with Crippen LogP contribution in [0.4, 0.5) is 5.82 Å². The molecule has 2 N–H and O–H groups in total. The molecule has 0 fully saturated rings. The maximum Gasteiger partial charge on any atom is 0.160 e. The number of nitrogens with zero attached hydrogens (tertiary/aromatic N) is 2. The second-order valence-corrected chi connectivity index (χ2v) is 7.84. The van der Waals surface area contributed by atoms with Gasteiger partial charge >= 0.3 is 0 Å². The summed E-state index contributed by atoms with van der Waals surface area (Å²) >= 11 is 12.1. The zero-order valence-electron chi connectivity index (χ0n) is 14.7. The molecule has 0 spiro atoms. The van der Waals surface area contributed by atoms with Gasteiger partial charge in [0.25, 0.3) is 0 Å². The van der Waals surface area contributed by atoms with Crippen molar-refractivity contribution in [1.82, 2.24) is 4.98 Å². The number of aromatic nitrogens is 1. The van der Waals surface area contributed by atoms with Crippen molar-refractivity contribution in [2.75, 3.05) is 5.43 Å². The molecule has 6 heteroatoms. The minimum absolute atomic E-state index is 0.100. The van der Waals surface area contributed by atoms with E-state index in [1.165, 1.54) is 11.6 Å². The van der Waals surface area contributed by atoms with Crippen LogP contribution in [0.15, 0.2) is 47.6 Å². The smallest absolute Gasteiger partial charge is 0.160 e. The summed E-state index contributed by atoms with van der Waals surface area (Å²) in [6.07, 6.45) is 1.71. The Morgan fingerprint density at radius 3 is 2.38 bits per heavy atom. The average Bonchev–Trinajstić information content (AvgIpc) is 2.59. The lowest BCUT2D eigenvalue weighted by Crippen LogP contribution is -2.10. The molecule has 0 saturated carbocycles. The molecule has 0 saturated heterocycles. The first-order chi connectivity index (χ1) is 12.3. The Balaban J connectivity index is 1.79. The van der Waals surface area contributed by atoms with E-state index in [9.17, 15) is 5.11 Å². The van der Waals surface area contributed by atoms with Crippen LogP contribution in [-0.2, 0) is 5.41 Å². The van der Waals surface area contributed by atoms with Crippen molar-refractivity contribution in [3.63, 3.8) is 0 Å². The number of pyridine rings is 1. The summed E-state index contributed by atoms with van der Waals surface area (Å²) in [5, 5.41) is 15.5. The number of anilines is 1. The number of rotatable bonds is 3. The Labute approximate surface area is 162 Å². The lowest BCUT2D eigenvalue weighted by atomic mass is 9.87. The number of hydrazone groups is 1. The SMILES string of the molecule is CC(C)(C)c1ccc(/C=N\Nc2ccc3c(Cl)cc(Cl)c(O)c3n2)cc1. The molecule has 2 aromatic carbocycles. The fraction of sp³-hybridized carbons (Fsp3) is 0.200. The van der Waals surface area contributed by atoms with E-state index in [1.807, 2.05) is 12.1 Å². The van der Waals surface area contributed by atoms with Gasteiger partial charge in [-0.25, -0.2) is 4.98 Å². The summed E-state index contributed by atoms with van der Waals surface area (Å²) in [6.45, 7) is 6.53. The van der Waals surface area contributed by atoms with Crippen molar-refractivity contribution >= 4 is 46.1 Å². The second kappa shape index (κ2) is 7.14. The molecular weight excluding hydrogens is 369 g/mol. The molecule has 1 heterocycles. The van der Waals surface area contributed by atoms with Gasteiger partial charge in [-0.15, -0.1) is 0 Å². The molecule has 0 radical (unpaired) electrons. The first kappa shape index (κ1) is 18.5. The average molecular weight is 388 g/mol. The maximum absolute atomic E-state index is 10.1. The van der Waals surface area contributed by atoms with E-state index in [0.29, 0.717) is 21.7 Å². The fourth-order valence-electron chi connectivity index (χ4n) is 2.51. The minimum atomic E-state index is -0.100. The monoisotopic (exact) mass is 387 g/mol. The van der Waals surface area contributed by atoms with Gasteiger partial charge in [-0.3, -0.25) is 5.43 Å². The summed E-state index contributed by atoms with van der Waals surface area (Å²) in [4.78, 5) is 4.33. The zero-order valence-corrected chi connectivity index (χ0v) is 16.2. The van der Waals surface area contributed by atoms with Gasteiger partial charge in [0.15, 0.2) is 5.75 Å². The molecule has 0 bridgehead atoms. The van der Waals surface area contributed by atoms with Gasteiger partial charge in [-0.1, -0.05) is 68.2 Å². The zero-order chi connectivity index (χ0) is 18.9. The van der Waals surface area contributed by atoms with E-state index < -0.39 is 0 Å². The quantitative estimate of drug-likeness (QED) is 0.428. The number of hydrogen-bond donors (Lipinski definition) is 2. The van der Waals surface area contributed by atoms with Crippen molar-refractivity contribution in [1.29, 1.82) is 0 Å². The summed E-state index contributed by atoms with van der Waals surface area (Å²) in [5.74, 6) is 0.380. The molecule has 134 valence electrons. The van der Waals surface area contributed by atoms with Crippen LogP contribution in [-0.4, -0.2) is 16.3 Å². The maximum atomic E-state index is 10.1. The molecule has 0 aliphatic rings. The van der Waals surface area contributed by atoms with E-state index in [1.54, 1.807) is 18.3 Å². The van der Waals surface area contributed by atoms with E-state index in [2.05, 4.69) is 48.4 Å². The summed E-state index contributed by atoms with van der Waals surface area (Å²) in [6, 6.07) is 13.2. The van der Waals surface area contributed by atoms with E-state index in [-0.39, 0.29) is 16.2 Å². The van der Waals surface area contributed by atoms with Crippen molar-refractivity contribution in [3.8, 4) is 5.75 Å². The van der Waals surface area contributed by atoms with E-state index in [0.717, 1.165) is 5.56 Å². The van der Waals surface area contributed by atoms with Gasteiger partial charge in [0.05, 0.1) is 16.3 Å². The molecular formula is C20H19Cl2N3O. The predicted molar refractivity (Wildman–Crippen MR) is 110 cm³/mol. The van der Waals surface area contributed by atoms with Gasteiger partial charge in [0.1, 0.15) is 11.3 Å². The largest absolute Gasteiger partial charge is 0.504 e. The summed E-state index contributed by atoms with van der Waals surface area (Å²) < 4.78 is 0. The van der Waals surface area contributed by atoms with Gasteiger partial charge in [-0.05, 0) is 34.7 Å². The van der Waals surface area contributed by atoms with Gasteiger partial charge in [-0.2, -0.15) is 5.10 Å². The summed E-state index contributed by atoms with van der Waals surface area (Å²) in [5.41, 5.74) is 5.55. The van der Waals surface area contributed by atoms with Crippen molar-refractivity contribution in [2.45, 2.75) is 26.2 Å². The van der Waals surface area contributed by atoms with Gasteiger partial charge < -0.3 is 5.11 Å². The minimum Gasteiger partial charge on any atom is -0.504 e. The van der Waals surface area contributed by atoms with Gasteiger partial charge in [0, 0.05) is 5.39 Å². The lowest BCUT2D eigenvalue weighted by molar-refractivity contribution is 0.480. The van der Waals surface area contributed by atoms with E-state index >= 15 is 0 Å². The normalized spacial score (nSPS) is 12.0. The Morgan fingerprint density at radius 1 is 1.04 bits per heavy atom. The van der Waals surface area contributed by atoms with E-state index in [4.69, 9.17) is 23.2 Å². The number of aromatic hydroxyl groups is 1. The molecule has 0 unspecified atom stereocenters. The topological polar surface area (TPSA) is 57.5 Å². The third-order valence-corrected chi connectivity index (χ3v) is 4.63. The molecule has 26 heavy (non-hydrogen) atoms. The van der Waals surface area contributed by atoms with Crippen LogP contribution >= 0.6 is 23.2 Å². The second-order valence-electron chi connectivity index (χ2n) is 7.02. The Hall–Kier alpha value is -2.30. The molecule has 0 aliphatic carbocycles. The van der Waals surface area contributed by atoms with Crippen LogP contribution in [0.2, 0.25) is 10.0 Å². The third-order valence-electron chi connectivity index (χ3n) is 4.03. The Morgan fingerprint density at radius 2 is 1.73 bits per heavy atom. The highest BCUT2D eigenvalue weighted by Gasteiger charge is 2.13. The number of halogens is 2. The third kappa shape index (κ3) is 3.92. The number of nitrogens with one attached hydrogen (secondary N) is 1. The molecule has 1 aromatic heterocycles. The number of hydrogen-bond acceptors (Lipinski definition) is 4. The van der Waals surface area contributed by atoms with Gasteiger partial charge in [0.2, 0.25) is 0 Å². The predicted octanol–water partition coefficient (Wildman–Crippen LogP) is 5.99. The van der Waals surface area contributed by atoms with Crippen LogP contribution in [0.25, 0.3) is 10.9 Å². The van der Waals surface area contributed by atoms with Crippen molar-refractivity contribution < 1.29 is 5.11 Å². The fourth-order valence-corrected chi connectivity index (χ4v) is 3.02. The number of fused-ring (bicyclic) bond motifs is 1. The highest BCUT2D eigenvalue weighted by atomic mass is 35.5. The van der Waals surface area contributed by atoms with Crippen molar-refractivity contribution in [2.24, 2.45) is 5.10 Å². The van der Waals surface area contributed by atoms with Crippen LogP contribution in [0, 0.1) is 0 Å². The van der Waals surface area contributed by atoms with Crippen LogP contribution in [0.1, 0.15) is 31.9 Å².